The first-order valence-electron chi connectivity index (χ1n) is 12.2. The van der Waals surface area contributed by atoms with Gasteiger partial charge in [0.2, 0.25) is 0 Å². The van der Waals surface area contributed by atoms with Crippen LogP contribution in [0.4, 0.5) is 0 Å². The number of allylic oxidation sites excluding steroid dienone is 1. The normalized spacial score (nSPS) is 26.5. The summed E-state index contributed by atoms with van der Waals surface area (Å²) in [6.45, 7) is 4.02. The molecule has 1 aromatic rings. The highest BCUT2D eigenvalue weighted by atomic mass is 16.5. The molecule has 4 heteroatoms. The van der Waals surface area contributed by atoms with Crippen molar-refractivity contribution in [3.8, 4) is 5.75 Å². The highest BCUT2D eigenvalue weighted by molar-refractivity contribution is 5.81. The fraction of sp³-hybridized carbons (Fsp3) is 0.630. The molecule has 0 radical (unpaired) electrons. The van der Waals surface area contributed by atoms with Crippen molar-refractivity contribution in [1.82, 2.24) is 0 Å². The summed E-state index contributed by atoms with van der Waals surface area (Å²) in [6.07, 6.45) is 15.0. The zero-order valence-electron chi connectivity index (χ0n) is 19.2. The first-order chi connectivity index (χ1) is 15.1. The topological polar surface area (TPSA) is 52.6 Å². The summed E-state index contributed by atoms with van der Waals surface area (Å²) >= 11 is 0. The Kier molecular flexibility index (Phi) is 9.17. The van der Waals surface area contributed by atoms with Gasteiger partial charge in [-0.1, -0.05) is 31.6 Å². The van der Waals surface area contributed by atoms with Crippen LogP contribution in [-0.4, -0.2) is 18.0 Å². The molecule has 0 unspecified atom stereocenters. The third kappa shape index (κ3) is 7.22. The monoisotopic (exact) mass is 426 g/mol. The third-order valence-corrected chi connectivity index (χ3v) is 7.04. The van der Waals surface area contributed by atoms with E-state index in [2.05, 4.69) is 19.1 Å². The van der Waals surface area contributed by atoms with E-state index >= 15 is 0 Å². The second kappa shape index (κ2) is 12.1. The molecule has 2 aliphatic rings. The van der Waals surface area contributed by atoms with Crippen molar-refractivity contribution in [2.75, 3.05) is 0 Å². The first-order valence-corrected chi connectivity index (χ1v) is 12.2. The molecule has 0 spiro atoms. The van der Waals surface area contributed by atoms with Crippen LogP contribution in [0.15, 0.2) is 36.4 Å². The summed E-state index contributed by atoms with van der Waals surface area (Å²) in [5.74, 6) is 1.78. The quantitative estimate of drug-likeness (QED) is 0.273. The molecule has 2 fully saturated rings. The minimum atomic E-state index is -0.222. The summed E-state index contributed by atoms with van der Waals surface area (Å²) in [6, 6.07) is 7.99. The SMILES string of the molecule is CC=CC(=O)OC1CCC(C2CCC(C(=O)Oc3ccc(CCCC)cc3)CC2)CC1. The Balaban J connectivity index is 1.38. The Bertz CT molecular complexity index is 720. The summed E-state index contributed by atoms with van der Waals surface area (Å²) in [5.41, 5.74) is 1.30. The van der Waals surface area contributed by atoms with Crippen LogP contribution in [0.5, 0.6) is 5.75 Å². The minimum Gasteiger partial charge on any atom is -0.459 e. The highest BCUT2D eigenvalue weighted by Crippen LogP contribution is 2.41. The molecule has 4 nitrogen and oxygen atoms in total. The molecule has 0 amide bonds. The summed E-state index contributed by atoms with van der Waals surface area (Å²) in [4.78, 5) is 24.3. The van der Waals surface area contributed by atoms with Crippen LogP contribution < -0.4 is 4.74 Å². The van der Waals surface area contributed by atoms with Crippen LogP contribution >= 0.6 is 0 Å². The molecular formula is C27H38O4. The van der Waals surface area contributed by atoms with Crippen LogP contribution in [0.25, 0.3) is 0 Å². The average molecular weight is 427 g/mol. The van der Waals surface area contributed by atoms with Gasteiger partial charge in [0, 0.05) is 6.08 Å². The Morgan fingerprint density at radius 3 is 2.13 bits per heavy atom. The van der Waals surface area contributed by atoms with Gasteiger partial charge < -0.3 is 9.47 Å². The van der Waals surface area contributed by atoms with Gasteiger partial charge in [0.25, 0.3) is 0 Å². The molecule has 0 saturated heterocycles. The molecule has 170 valence electrons. The lowest BCUT2D eigenvalue weighted by atomic mass is 9.70. The van der Waals surface area contributed by atoms with Crippen molar-refractivity contribution in [3.05, 3.63) is 42.0 Å². The van der Waals surface area contributed by atoms with Crippen LogP contribution in [0.2, 0.25) is 0 Å². The number of benzene rings is 1. The van der Waals surface area contributed by atoms with Crippen LogP contribution in [0.1, 0.15) is 83.6 Å². The summed E-state index contributed by atoms with van der Waals surface area (Å²) in [7, 11) is 0. The fourth-order valence-corrected chi connectivity index (χ4v) is 5.15. The van der Waals surface area contributed by atoms with Crippen molar-refractivity contribution < 1.29 is 19.1 Å². The molecule has 0 N–H and O–H groups in total. The molecule has 1 aromatic carbocycles. The number of aryl methyl sites for hydroxylation is 1. The lowest BCUT2D eigenvalue weighted by Gasteiger charge is -2.37. The zero-order valence-corrected chi connectivity index (χ0v) is 19.2. The van der Waals surface area contributed by atoms with Gasteiger partial charge in [-0.05, 0) is 101 Å². The van der Waals surface area contributed by atoms with Crippen LogP contribution in [0.3, 0.4) is 0 Å². The van der Waals surface area contributed by atoms with Gasteiger partial charge in [-0.25, -0.2) is 4.79 Å². The first kappa shape index (κ1) is 23.6. The molecule has 0 aromatic heterocycles. The molecule has 0 aliphatic heterocycles. The van der Waals surface area contributed by atoms with Gasteiger partial charge >= 0.3 is 11.9 Å². The highest BCUT2D eigenvalue weighted by Gasteiger charge is 2.34. The fourth-order valence-electron chi connectivity index (χ4n) is 5.15. The largest absolute Gasteiger partial charge is 0.459 e. The Morgan fingerprint density at radius 1 is 0.935 bits per heavy atom. The van der Waals surface area contributed by atoms with Gasteiger partial charge in [-0.3, -0.25) is 4.79 Å². The number of rotatable bonds is 8. The van der Waals surface area contributed by atoms with E-state index in [-0.39, 0.29) is 24.0 Å². The summed E-state index contributed by atoms with van der Waals surface area (Å²) < 4.78 is 11.2. The van der Waals surface area contributed by atoms with E-state index < -0.39 is 0 Å². The van der Waals surface area contributed by atoms with Gasteiger partial charge in [-0.2, -0.15) is 0 Å². The van der Waals surface area contributed by atoms with Gasteiger partial charge in [0.1, 0.15) is 11.9 Å². The number of hydrogen-bond donors (Lipinski definition) is 0. The number of unbranched alkanes of at least 4 members (excludes halogenated alkanes) is 1. The average Bonchev–Trinajstić information content (AvgIpc) is 2.79. The standard InChI is InChI=1S/C27H38O4/c1-3-5-7-20-8-16-25(17-9-20)31-27(29)23-12-10-21(11-13-23)22-14-18-24(19-15-22)30-26(28)6-4-2/h4,6,8-9,16-17,21-24H,3,5,7,10-15,18-19H2,1-2H3. The number of hydrogen-bond acceptors (Lipinski definition) is 4. The predicted molar refractivity (Wildman–Crippen MR) is 123 cm³/mol. The number of carbonyl (C=O) groups is 2. The van der Waals surface area contributed by atoms with Gasteiger partial charge in [0.05, 0.1) is 5.92 Å². The predicted octanol–water partition coefficient (Wildman–Crippen LogP) is 6.42. The number of ether oxygens (including phenoxy) is 2. The van der Waals surface area contributed by atoms with Gasteiger partial charge in [-0.15, -0.1) is 0 Å². The molecule has 2 aliphatic carbocycles. The van der Waals surface area contributed by atoms with Crippen molar-refractivity contribution in [2.45, 2.75) is 90.6 Å². The smallest absolute Gasteiger partial charge is 0.330 e. The maximum absolute atomic E-state index is 12.6. The molecule has 0 heterocycles. The second-order valence-corrected chi connectivity index (χ2v) is 9.25. The molecule has 0 atom stereocenters. The zero-order chi connectivity index (χ0) is 22.1. The maximum atomic E-state index is 12.6. The summed E-state index contributed by atoms with van der Waals surface area (Å²) in [5, 5.41) is 0. The Labute approximate surface area is 187 Å². The van der Waals surface area contributed by atoms with Crippen LogP contribution in [0, 0.1) is 17.8 Å². The van der Waals surface area contributed by atoms with E-state index in [1.54, 1.807) is 6.08 Å². The molecule has 0 bridgehead atoms. The lowest BCUT2D eigenvalue weighted by Crippen LogP contribution is -2.31. The van der Waals surface area contributed by atoms with E-state index in [0.29, 0.717) is 17.6 Å². The molecule has 2 saturated carbocycles. The van der Waals surface area contributed by atoms with E-state index in [9.17, 15) is 9.59 Å². The van der Waals surface area contributed by atoms with E-state index in [1.165, 1.54) is 24.5 Å². The van der Waals surface area contributed by atoms with Gasteiger partial charge in [0.15, 0.2) is 0 Å². The van der Waals surface area contributed by atoms with Crippen molar-refractivity contribution in [1.29, 1.82) is 0 Å². The van der Waals surface area contributed by atoms with E-state index in [1.807, 2.05) is 19.1 Å². The van der Waals surface area contributed by atoms with Crippen LogP contribution in [-0.2, 0) is 20.7 Å². The maximum Gasteiger partial charge on any atom is 0.330 e. The molecular weight excluding hydrogens is 388 g/mol. The third-order valence-electron chi connectivity index (χ3n) is 7.04. The minimum absolute atomic E-state index is 0.0224. The Hall–Kier alpha value is -2.10. The van der Waals surface area contributed by atoms with Crippen molar-refractivity contribution >= 4 is 11.9 Å². The lowest BCUT2D eigenvalue weighted by molar-refractivity contribution is -0.145. The van der Waals surface area contributed by atoms with E-state index in [0.717, 1.165) is 57.8 Å². The van der Waals surface area contributed by atoms with Crippen molar-refractivity contribution in [3.63, 3.8) is 0 Å². The second-order valence-electron chi connectivity index (χ2n) is 9.25. The molecule has 31 heavy (non-hydrogen) atoms. The van der Waals surface area contributed by atoms with E-state index in [4.69, 9.17) is 9.47 Å². The number of esters is 2. The Morgan fingerprint density at radius 2 is 1.55 bits per heavy atom. The molecule has 3 rings (SSSR count). The van der Waals surface area contributed by atoms with Crippen molar-refractivity contribution in [2.24, 2.45) is 17.8 Å². The number of carbonyl (C=O) groups excluding carboxylic acids is 2.